The molecule has 4 heterocycles. The fourth-order valence-corrected chi connectivity index (χ4v) is 6.13. The van der Waals surface area contributed by atoms with Crippen molar-refractivity contribution in [3.05, 3.63) is 58.9 Å². The number of halogens is 2. The Kier molecular flexibility index (Phi) is 8.58. The van der Waals surface area contributed by atoms with Crippen LogP contribution < -0.4 is 4.90 Å². The number of nitrogens with zero attached hydrogens (tertiary/aromatic N) is 5. The number of carbonyl (C=O) groups is 3. The Bertz CT molecular complexity index is 1440. The van der Waals surface area contributed by atoms with Crippen molar-refractivity contribution >= 4 is 23.8 Å². The van der Waals surface area contributed by atoms with Crippen LogP contribution in [0, 0.1) is 11.6 Å². The molecule has 238 valence electrons. The molecule has 0 unspecified atom stereocenters. The summed E-state index contributed by atoms with van der Waals surface area (Å²) >= 11 is 0. The molecule has 0 radical (unpaired) electrons. The maximum absolute atomic E-state index is 14.4. The fraction of sp³-hybridized carbons (Fsp3) is 0.562. The number of hydrogen-bond acceptors (Lipinski definition) is 7. The van der Waals surface area contributed by atoms with E-state index >= 15 is 0 Å². The summed E-state index contributed by atoms with van der Waals surface area (Å²) in [6.07, 6.45) is 1.05. The lowest BCUT2D eigenvalue weighted by Gasteiger charge is -2.46. The van der Waals surface area contributed by atoms with Crippen LogP contribution in [0.3, 0.4) is 0 Å². The van der Waals surface area contributed by atoms with E-state index in [0.29, 0.717) is 49.7 Å². The fourth-order valence-electron chi connectivity index (χ4n) is 6.13. The van der Waals surface area contributed by atoms with Crippen LogP contribution in [0.2, 0.25) is 0 Å². The van der Waals surface area contributed by atoms with Crippen LogP contribution in [0.15, 0.2) is 30.5 Å². The number of anilines is 1. The number of amides is 3. The number of hydrogen-bond donors (Lipinski definition) is 0. The second-order valence-corrected chi connectivity index (χ2v) is 13.6. The van der Waals surface area contributed by atoms with Crippen molar-refractivity contribution in [3.8, 4) is 0 Å². The second kappa shape index (κ2) is 11.9. The van der Waals surface area contributed by atoms with E-state index in [0.717, 1.165) is 11.6 Å². The largest absolute Gasteiger partial charge is 0.448 e. The molecule has 2 saturated heterocycles. The Labute approximate surface area is 256 Å². The summed E-state index contributed by atoms with van der Waals surface area (Å²) in [5, 5.41) is 0. The molecule has 2 aromatic rings. The van der Waals surface area contributed by atoms with Gasteiger partial charge in [0.2, 0.25) is 5.91 Å². The Morgan fingerprint density at radius 1 is 1.16 bits per heavy atom. The van der Waals surface area contributed by atoms with Crippen LogP contribution in [0.4, 0.5) is 24.1 Å². The number of rotatable bonds is 6. The maximum atomic E-state index is 14.4. The smallest absolute Gasteiger partial charge is 0.410 e. The van der Waals surface area contributed by atoms with Gasteiger partial charge in [0.25, 0.3) is 0 Å². The summed E-state index contributed by atoms with van der Waals surface area (Å²) < 4.78 is 38.6. The minimum Gasteiger partial charge on any atom is -0.448 e. The van der Waals surface area contributed by atoms with Crippen molar-refractivity contribution in [2.24, 2.45) is 0 Å². The van der Waals surface area contributed by atoms with Crippen LogP contribution in [-0.4, -0.2) is 101 Å². The molecular weight excluding hydrogens is 572 g/mol. The minimum absolute atomic E-state index is 0.0693. The van der Waals surface area contributed by atoms with Gasteiger partial charge in [0.15, 0.2) is 0 Å². The summed E-state index contributed by atoms with van der Waals surface area (Å²) in [6.45, 7) is 13.7. The summed E-state index contributed by atoms with van der Waals surface area (Å²) in [5.41, 5.74) is 1.48. The van der Waals surface area contributed by atoms with Gasteiger partial charge in [-0.15, -0.1) is 0 Å². The Balaban J connectivity index is 1.37. The van der Waals surface area contributed by atoms with E-state index < -0.39 is 29.4 Å². The molecule has 10 nitrogen and oxygen atoms in total. The summed E-state index contributed by atoms with van der Waals surface area (Å²) in [7, 11) is 0. The number of piperazine rings is 1. The van der Waals surface area contributed by atoms with E-state index in [1.165, 1.54) is 12.1 Å². The van der Waals surface area contributed by atoms with Crippen LogP contribution in [0.25, 0.3) is 0 Å². The molecule has 0 bridgehead atoms. The molecule has 3 aliphatic heterocycles. The predicted octanol–water partition coefficient (Wildman–Crippen LogP) is 4.34. The van der Waals surface area contributed by atoms with E-state index in [2.05, 4.69) is 4.98 Å². The van der Waals surface area contributed by atoms with Gasteiger partial charge in [-0.3, -0.25) is 14.7 Å². The highest BCUT2D eigenvalue weighted by Crippen LogP contribution is 2.41. The van der Waals surface area contributed by atoms with Crippen molar-refractivity contribution in [3.63, 3.8) is 0 Å². The van der Waals surface area contributed by atoms with E-state index in [1.54, 1.807) is 20.9 Å². The van der Waals surface area contributed by atoms with Crippen LogP contribution >= 0.6 is 0 Å². The Morgan fingerprint density at radius 2 is 1.91 bits per heavy atom. The van der Waals surface area contributed by atoms with E-state index in [4.69, 9.17) is 9.47 Å². The summed E-state index contributed by atoms with van der Waals surface area (Å²) in [4.78, 5) is 51.0. The van der Waals surface area contributed by atoms with E-state index in [-0.39, 0.29) is 42.9 Å². The van der Waals surface area contributed by atoms with Crippen molar-refractivity contribution < 1.29 is 32.6 Å². The standard InChI is InChI=1S/C32H41F2N5O5/c1-20-15-37(24(16-36-9-10-43-29(36)41)17-38(20)30(42)44-31(2,3)4)18-28(40)39-19-32(5,6)25-14-35-23(13-27(25)39)11-21-7-8-22(33)12-26(21)34/h7-8,12-14,20,24H,9-11,15-19H2,1-6H3/t20-,24+/m1/s1. The van der Waals surface area contributed by atoms with Crippen molar-refractivity contribution in [1.29, 1.82) is 0 Å². The average Bonchev–Trinajstić information content (AvgIpc) is 3.44. The summed E-state index contributed by atoms with van der Waals surface area (Å²) in [6, 6.07) is 4.73. The third kappa shape index (κ3) is 6.80. The first kappa shape index (κ1) is 31.6. The average molecular weight is 614 g/mol. The zero-order valence-corrected chi connectivity index (χ0v) is 26.2. The lowest BCUT2D eigenvalue weighted by atomic mass is 9.88. The van der Waals surface area contributed by atoms with Gasteiger partial charge in [-0.05, 0) is 45.4 Å². The molecule has 1 aromatic carbocycles. The molecular formula is C32H41F2N5O5. The predicted molar refractivity (Wildman–Crippen MR) is 159 cm³/mol. The van der Waals surface area contributed by atoms with Crippen molar-refractivity contribution in [2.75, 3.05) is 50.8 Å². The van der Waals surface area contributed by atoms with Gasteiger partial charge in [-0.1, -0.05) is 19.9 Å². The first-order valence-electron chi connectivity index (χ1n) is 15.0. The number of pyridine rings is 1. The molecule has 2 fully saturated rings. The lowest BCUT2D eigenvalue weighted by Crippen LogP contribution is -2.63. The van der Waals surface area contributed by atoms with Gasteiger partial charge in [0.05, 0.1) is 18.8 Å². The molecule has 0 N–H and O–H groups in total. The Hall–Kier alpha value is -3.80. The normalized spacial score (nSPS) is 21.8. The van der Waals surface area contributed by atoms with E-state index in [9.17, 15) is 23.2 Å². The highest BCUT2D eigenvalue weighted by Gasteiger charge is 2.42. The first-order valence-corrected chi connectivity index (χ1v) is 15.0. The summed E-state index contributed by atoms with van der Waals surface area (Å²) in [5.74, 6) is -1.42. The molecule has 0 aliphatic carbocycles. The zero-order valence-electron chi connectivity index (χ0n) is 26.2. The third-order valence-electron chi connectivity index (χ3n) is 8.40. The first-order chi connectivity index (χ1) is 20.6. The lowest BCUT2D eigenvalue weighted by molar-refractivity contribution is -0.121. The molecule has 0 spiro atoms. The molecule has 1 aromatic heterocycles. The molecule has 2 atom stereocenters. The third-order valence-corrected chi connectivity index (χ3v) is 8.40. The Morgan fingerprint density at radius 3 is 2.57 bits per heavy atom. The molecule has 3 aliphatic rings. The number of carbonyl (C=O) groups excluding carboxylic acids is 3. The van der Waals surface area contributed by atoms with Gasteiger partial charge in [0, 0.05) is 73.6 Å². The maximum Gasteiger partial charge on any atom is 0.410 e. The minimum atomic E-state index is -0.662. The van der Waals surface area contributed by atoms with Crippen molar-refractivity contribution in [2.45, 2.75) is 71.1 Å². The number of fused-ring (bicyclic) bond motifs is 1. The van der Waals surface area contributed by atoms with Crippen LogP contribution in [-0.2, 0) is 26.1 Å². The number of aromatic nitrogens is 1. The monoisotopic (exact) mass is 613 g/mol. The molecule has 44 heavy (non-hydrogen) atoms. The number of benzene rings is 1. The zero-order chi connectivity index (χ0) is 32.0. The van der Waals surface area contributed by atoms with Gasteiger partial charge in [0.1, 0.15) is 23.8 Å². The van der Waals surface area contributed by atoms with Gasteiger partial charge in [-0.2, -0.15) is 0 Å². The highest BCUT2D eigenvalue weighted by molar-refractivity contribution is 5.97. The van der Waals surface area contributed by atoms with Gasteiger partial charge in [-0.25, -0.2) is 18.4 Å². The topological polar surface area (TPSA) is 95.5 Å². The number of ether oxygens (including phenoxy) is 2. The highest BCUT2D eigenvalue weighted by atomic mass is 19.1. The molecule has 0 saturated carbocycles. The molecule has 12 heteroatoms. The number of cyclic esters (lactones) is 1. The van der Waals surface area contributed by atoms with Gasteiger partial charge < -0.3 is 24.2 Å². The van der Waals surface area contributed by atoms with Crippen molar-refractivity contribution in [1.82, 2.24) is 19.7 Å². The molecule has 5 rings (SSSR count). The van der Waals surface area contributed by atoms with Crippen LogP contribution in [0.5, 0.6) is 0 Å². The quantitative estimate of drug-likeness (QED) is 0.479. The van der Waals surface area contributed by atoms with E-state index in [1.807, 2.05) is 52.5 Å². The second-order valence-electron chi connectivity index (χ2n) is 13.6. The van der Waals surface area contributed by atoms with Crippen LogP contribution in [0.1, 0.15) is 58.4 Å². The molecule has 3 amide bonds. The van der Waals surface area contributed by atoms with Gasteiger partial charge >= 0.3 is 12.2 Å². The SMILES string of the molecule is C[C@@H]1CN(CC(=O)N2CC(C)(C)c3cnc(Cc4ccc(F)cc4F)cc32)[C@@H](CN2CCOC2=O)CN1C(=O)OC(C)(C)C.